The molecule has 0 aliphatic heterocycles. The second-order valence-corrected chi connectivity index (χ2v) is 12.1. The first-order chi connectivity index (χ1) is 22.1. The van der Waals surface area contributed by atoms with Gasteiger partial charge in [0.2, 0.25) is 11.8 Å². The fourth-order valence-electron chi connectivity index (χ4n) is 5.34. The smallest absolute Gasteiger partial charge is 0.273 e. The van der Waals surface area contributed by atoms with Crippen LogP contribution < -0.4 is 21.7 Å². The lowest BCUT2D eigenvalue weighted by molar-refractivity contribution is -0.135. The fraction of sp³-hybridized carbons (Fsp3) is 0.556. The van der Waals surface area contributed by atoms with Gasteiger partial charge in [-0.05, 0) is 67.5 Å². The Kier molecular flexibility index (Phi) is 17.3. The number of hydrogen-bond acceptors (Lipinski definition) is 6. The largest absolute Gasteiger partial charge is 0.507 e. The van der Waals surface area contributed by atoms with Crippen molar-refractivity contribution in [1.82, 2.24) is 21.7 Å². The van der Waals surface area contributed by atoms with Crippen LogP contribution in [0.1, 0.15) is 137 Å². The lowest BCUT2D eigenvalue weighted by Crippen LogP contribution is -2.50. The van der Waals surface area contributed by atoms with Crippen molar-refractivity contribution in [3.05, 3.63) is 58.7 Å². The van der Waals surface area contributed by atoms with Gasteiger partial charge in [-0.25, -0.2) is 0 Å². The number of phenolic OH excluding ortho intramolecular Hbond substituents is 2. The third-order valence-electron chi connectivity index (χ3n) is 8.32. The molecule has 0 aliphatic rings. The van der Waals surface area contributed by atoms with Crippen molar-refractivity contribution in [2.75, 3.05) is 0 Å². The Hall–Kier alpha value is -4.08. The Morgan fingerprint density at radius 1 is 0.587 bits per heavy atom. The normalized spacial score (nSPS) is 12.2. The molecule has 46 heavy (non-hydrogen) atoms. The van der Waals surface area contributed by atoms with Gasteiger partial charge in [0.1, 0.15) is 11.5 Å². The summed E-state index contributed by atoms with van der Waals surface area (Å²) >= 11 is 0. The molecule has 10 heteroatoms. The lowest BCUT2D eigenvalue weighted by atomic mass is 9.87. The summed E-state index contributed by atoms with van der Waals surface area (Å²) in [6.45, 7) is 7.93. The molecular formula is C36H54N4O6. The van der Waals surface area contributed by atoms with Crippen molar-refractivity contribution in [2.45, 2.75) is 118 Å². The summed E-state index contributed by atoms with van der Waals surface area (Å²) in [4.78, 5) is 51.9. The van der Waals surface area contributed by atoms with Gasteiger partial charge in [0, 0.05) is 5.92 Å². The molecule has 0 aliphatic carbocycles. The Bertz CT molecular complexity index is 1280. The third kappa shape index (κ3) is 12.7. The highest BCUT2D eigenvalue weighted by molar-refractivity contribution is 5.99. The summed E-state index contributed by atoms with van der Waals surface area (Å²) in [6, 6.07) is 9.74. The molecule has 2 aromatic rings. The van der Waals surface area contributed by atoms with Gasteiger partial charge in [-0.3, -0.25) is 40.9 Å². The number of unbranched alkanes of at least 4 members (excludes halogenated alkanes) is 8. The Labute approximate surface area is 274 Å². The summed E-state index contributed by atoms with van der Waals surface area (Å²) in [7, 11) is 0. The van der Waals surface area contributed by atoms with Crippen molar-refractivity contribution < 1.29 is 29.4 Å². The van der Waals surface area contributed by atoms with E-state index in [2.05, 4.69) is 42.5 Å². The van der Waals surface area contributed by atoms with E-state index in [9.17, 15) is 29.4 Å². The molecule has 0 radical (unpaired) electrons. The van der Waals surface area contributed by atoms with Crippen LogP contribution in [0.3, 0.4) is 0 Å². The molecule has 2 aromatic carbocycles. The van der Waals surface area contributed by atoms with Gasteiger partial charge in [-0.2, -0.15) is 0 Å². The minimum Gasteiger partial charge on any atom is -0.507 e. The number of hydrogen-bond donors (Lipinski definition) is 6. The number of phenols is 2. The Morgan fingerprint density at radius 2 is 1.02 bits per heavy atom. The van der Waals surface area contributed by atoms with Crippen molar-refractivity contribution in [1.29, 1.82) is 0 Å². The van der Waals surface area contributed by atoms with E-state index in [1.165, 1.54) is 12.1 Å². The molecule has 0 saturated heterocycles. The zero-order chi connectivity index (χ0) is 33.9. The zero-order valence-electron chi connectivity index (χ0n) is 28.0. The van der Waals surface area contributed by atoms with Gasteiger partial charge in [0.05, 0.1) is 17.0 Å². The van der Waals surface area contributed by atoms with Crippen LogP contribution >= 0.6 is 0 Å². The highest BCUT2D eigenvalue weighted by Gasteiger charge is 2.31. The number of carbonyl (C=O) groups excluding carboxylic acids is 4. The number of benzene rings is 2. The molecule has 2 unspecified atom stereocenters. The molecule has 2 atom stereocenters. The third-order valence-corrected chi connectivity index (χ3v) is 8.32. The van der Waals surface area contributed by atoms with E-state index in [1.54, 1.807) is 31.2 Å². The van der Waals surface area contributed by atoms with Gasteiger partial charge in [-0.15, -0.1) is 0 Å². The molecule has 0 heterocycles. The molecule has 0 aromatic heterocycles. The molecule has 0 spiro atoms. The van der Waals surface area contributed by atoms with E-state index in [4.69, 9.17) is 0 Å². The van der Waals surface area contributed by atoms with Gasteiger partial charge in [0.15, 0.2) is 0 Å². The van der Waals surface area contributed by atoms with E-state index in [1.807, 2.05) is 0 Å². The second-order valence-electron chi connectivity index (χ2n) is 12.1. The van der Waals surface area contributed by atoms with Crippen LogP contribution in [0.15, 0.2) is 36.4 Å². The summed E-state index contributed by atoms with van der Waals surface area (Å²) in [5.41, 5.74) is 11.4. The first kappa shape index (κ1) is 38.1. The van der Waals surface area contributed by atoms with Crippen LogP contribution in [0.2, 0.25) is 0 Å². The minimum absolute atomic E-state index is 0.0253. The first-order valence-electron chi connectivity index (χ1n) is 17.0. The summed E-state index contributed by atoms with van der Waals surface area (Å²) < 4.78 is 0. The van der Waals surface area contributed by atoms with E-state index in [0.717, 1.165) is 88.2 Å². The molecule has 0 saturated carbocycles. The molecular weight excluding hydrogens is 584 g/mol. The van der Waals surface area contributed by atoms with E-state index in [-0.39, 0.29) is 22.6 Å². The summed E-state index contributed by atoms with van der Waals surface area (Å²) in [5.74, 6) is -4.49. The molecule has 10 nitrogen and oxygen atoms in total. The molecule has 254 valence electrons. The van der Waals surface area contributed by atoms with Crippen LogP contribution in [-0.2, 0) is 22.4 Å². The number of carbonyl (C=O) groups is 4. The summed E-state index contributed by atoms with van der Waals surface area (Å²) in [6.07, 6.45) is 13.0. The standard InChI is InChI=1S/C36H54N4O6/c1-5-8-11-12-15-18-28(34(44)38-40-36(46)30-22-20-27(24-32(30)42)17-14-10-7-3)25(4)33(43)37-39-35(45)29-21-19-26(23-31(29)41)16-13-9-6-2/h19-25,28,41-42H,5-18H2,1-4H3,(H,37,43)(H,38,44)(H,39,45)(H,40,46). The van der Waals surface area contributed by atoms with Crippen molar-refractivity contribution >= 4 is 23.6 Å². The predicted molar refractivity (Wildman–Crippen MR) is 180 cm³/mol. The number of nitrogens with one attached hydrogen (secondary N) is 4. The zero-order valence-corrected chi connectivity index (χ0v) is 28.0. The first-order valence-corrected chi connectivity index (χ1v) is 17.0. The average Bonchev–Trinajstić information content (AvgIpc) is 3.04. The maximum absolute atomic E-state index is 13.3. The molecule has 4 amide bonds. The van der Waals surface area contributed by atoms with Gasteiger partial charge in [-0.1, -0.05) is 97.6 Å². The summed E-state index contributed by atoms with van der Waals surface area (Å²) in [5, 5.41) is 20.8. The average molecular weight is 639 g/mol. The number of aromatic hydroxyl groups is 2. The maximum atomic E-state index is 13.3. The molecule has 0 fully saturated rings. The molecule has 0 bridgehead atoms. The number of aryl methyl sites for hydroxylation is 2. The second kappa shape index (κ2) is 20.9. The van der Waals surface area contributed by atoms with E-state index < -0.39 is 35.5 Å². The highest BCUT2D eigenvalue weighted by Crippen LogP contribution is 2.23. The van der Waals surface area contributed by atoms with E-state index in [0.29, 0.717) is 12.8 Å². The topological polar surface area (TPSA) is 157 Å². The highest BCUT2D eigenvalue weighted by atomic mass is 16.3. The number of rotatable bonds is 19. The van der Waals surface area contributed by atoms with Gasteiger partial charge in [0.25, 0.3) is 11.8 Å². The Morgan fingerprint density at radius 3 is 1.48 bits per heavy atom. The predicted octanol–water partition coefficient (Wildman–Crippen LogP) is 6.40. The van der Waals surface area contributed by atoms with Gasteiger partial charge < -0.3 is 10.2 Å². The van der Waals surface area contributed by atoms with Crippen LogP contribution in [0.4, 0.5) is 0 Å². The molecule has 2 rings (SSSR count). The Balaban J connectivity index is 2.02. The monoisotopic (exact) mass is 638 g/mol. The number of hydrazine groups is 2. The van der Waals surface area contributed by atoms with Crippen LogP contribution in [0, 0.1) is 11.8 Å². The number of amides is 4. The fourth-order valence-corrected chi connectivity index (χ4v) is 5.34. The SMILES string of the molecule is CCCCCCCC(C(=O)NNC(=O)c1ccc(CCCCC)cc1O)C(C)C(=O)NNC(=O)c1ccc(CCCCC)cc1O. The van der Waals surface area contributed by atoms with Crippen LogP contribution in [0.5, 0.6) is 11.5 Å². The maximum Gasteiger partial charge on any atom is 0.273 e. The van der Waals surface area contributed by atoms with Crippen molar-refractivity contribution in [3.63, 3.8) is 0 Å². The van der Waals surface area contributed by atoms with Crippen LogP contribution in [0.25, 0.3) is 0 Å². The van der Waals surface area contributed by atoms with Gasteiger partial charge >= 0.3 is 0 Å². The van der Waals surface area contributed by atoms with Crippen LogP contribution in [-0.4, -0.2) is 33.8 Å². The quantitative estimate of drug-likeness (QED) is 0.0773. The lowest BCUT2D eigenvalue weighted by Gasteiger charge is -2.23. The van der Waals surface area contributed by atoms with Crippen molar-refractivity contribution in [2.24, 2.45) is 11.8 Å². The van der Waals surface area contributed by atoms with E-state index >= 15 is 0 Å². The minimum atomic E-state index is -0.853. The van der Waals surface area contributed by atoms with Crippen molar-refractivity contribution in [3.8, 4) is 11.5 Å². The molecule has 6 N–H and O–H groups in total.